The minimum atomic E-state index is -0.484. The Bertz CT molecular complexity index is 1030. The zero-order valence-electron chi connectivity index (χ0n) is 14.4. The van der Waals surface area contributed by atoms with Crippen LogP contribution in [0.5, 0.6) is 0 Å². The molecule has 3 aromatic rings. The number of benzene rings is 2. The van der Waals surface area contributed by atoms with Gasteiger partial charge >= 0.3 is 0 Å². The average molecular weight is 415 g/mol. The maximum absolute atomic E-state index is 12.8. The van der Waals surface area contributed by atoms with Crippen LogP contribution >= 0.6 is 15.9 Å². The van der Waals surface area contributed by atoms with Crippen LogP contribution in [-0.4, -0.2) is 59.8 Å². The van der Waals surface area contributed by atoms with Crippen molar-refractivity contribution < 1.29 is 9.59 Å². The molecular formula is C19H19BrN4O2. The number of carbonyl (C=O) groups is 2. The van der Waals surface area contributed by atoms with E-state index >= 15 is 0 Å². The lowest BCUT2D eigenvalue weighted by atomic mass is 10.1. The van der Waals surface area contributed by atoms with Crippen LogP contribution in [0, 0.1) is 0 Å². The van der Waals surface area contributed by atoms with Crippen molar-refractivity contribution in [1.82, 2.24) is 14.8 Å². The summed E-state index contributed by atoms with van der Waals surface area (Å²) in [6, 6.07) is 9.14. The topological polar surface area (TPSA) is 82.4 Å². The van der Waals surface area contributed by atoms with Crippen molar-refractivity contribution in [3.05, 3.63) is 45.9 Å². The average Bonchev–Trinajstić information content (AvgIpc) is 3.01. The molecule has 26 heavy (non-hydrogen) atoms. The molecule has 7 heteroatoms. The maximum atomic E-state index is 12.8. The second kappa shape index (κ2) is 6.41. The molecule has 2 heterocycles. The monoisotopic (exact) mass is 414 g/mol. The number of halogens is 1. The van der Waals surface area contributed by atoms with Crippen molar-refractivity contribution in [3.8, 4) is 0 Å². The third-order valence-electron chi connectivity index (χ3n) is 5.01. The van der Waals surface area contributed by atoms with Crippen LogP contribution < -0.4 is 5.73 Å². The molecule has 0 aliphatic carbocycles. The van der Waals surface area contributed by atoms with E-state index in [2.05, 4.69) is 32.9 Å². The number of rotatable bonds is 2. The Labute approximate surface area is 159 Å². The van der Waals surface area contributed by atoms with Gasteiger partial charge in [0.15, 0.2) is 0 Å². The normalized spacial score (nSPS) is 15.7. The van der Waals surface area contributed by atoms with Gasteiger partial charge in [0.1, 0.15) is 0 Å². The van der Waals surface area contributed by atoms with Crippen LogP contribution in [0.4, 0.5) is 0 Å². The Hall–Kier alpha value is -2.38. The molecule has 6 nitrogen and oxygen atoms in total. The highest BCUT2D eigenvalue weighted by Gasteiger charge is 2.21. The fourth-order valence-electron chi connectivity index (χ4n) is 3.50. The van der Waals surface area contributed by atoms with Crippen LogP contribution in [0.25, 0.3) is 21.8 Å². The summed E-state index contributed by atoms with van der Waals surface area (Å²) in [6.07, 6.45) is 0. The fraction of sp³-hybridized carbons (Fsp3) is 0.263. The minimum Gasteiger partial charge on any atom is -0.366 e. The van der Waals surface area contributed by atoms with Gasteiger partial charge in [0.2, 0.25) is 0 Å². The molecule has 2 aromatic carbocycles. The molecule has 0 spiro atoms. The maximum Gasteiger partial charge on any atom is 0.254 e. The number of hydrogen-bond acceptors (Lipinski definition) is 3. The van der Waals surface area contributed by atoms with E-state index in [1.807, 2.05) is 29.2 Å². The molecule has 0 saturated carbocycles. The summed E-state index contributed by atoms with van der Waals surface area (Å²) in [5, 5.41) is 1.85. The predicted molar refractivity (Wildman–Crippen MR) is 105 cm³/mol. The van der Waals surface area contributed by atoms with Crippen LogP contribution in [0.15, 0.2) is 34.8 Å². The smallest absolute Gasteiger partial charge is 0.254 e. The first-order valence-corrected chi connectivity index (χ1v) is 9.26. The van der Waals surface area contributed by atoms with Crippen LogP contribution in [0.1, 0.15) is 20.7 Å². The summed E-state index contributed by atoms with van der Waals surface area (Å²) >= 11 is 3.54. The second-order valence-corrected chi connectivity index (χ2v) is 7.54. The van der Waals surface area contributed by atoms with Crippen molar-refractivity contribution in [1.29, 1.82) is 0 Å². The number of primary amides is 1. The van der Waals surface area contributed by atoms with E-state index in [0.29, 0.717) is 16.6 Å². The van der Waals surface area contributed by atoms with E-state index in [0.717, 1.165) is 46.9 Å². The van der Waals surface area contributed by atoms with E-state index in [-0.39, 0.29) is 5.91 Å². The minimum absolute atomic E-state index is 0.0350. The number of hydrogen-bond donors (Lipinski definition) is 2. The quantitative estimate of drug-likeness (QED) is 0.675. The molecule has 2 amide bonds. The zero-order chi connectivity index (χ0) is 18.4. The molecule has 4 rings (SSSR count). The van der Waals surface area contributed by atoms with Gasteiger partial charge in [-0.3, -0.25) is 9.59 Å². The molecule has 1 saturated heterocycles. The highest BCUT2D eigenvalue weighted by atomic mass is 79.9. The number of likely N-dealkylation sites (N-methyl/N-ethyl adjacent to an activating group) is 1. The van der Waals surface area contributed by atoms with Crippen molar-refractivity contribution in [2.75, 3.05) is 33.2 Å². The first-order valence-electron chi connectivity index (χ1n) is 8.47. The standard InChI is InChI=1S/C19H19BrN4O2/c1-23-6-8-24(9-7-23)19(26)11-2-3-12-15(10-11)22-17-13(18(21)25)4-5-14(20)16(12)17/h2-5,10,22H,6-9H2,1H3,(H2,21,25). The van der Waals surface area contributed by atoms with Gasteiger partial charge < -0.3 is 20.5 Å². The molecule has 1 aliphatic rings. The molecule has 3 N–H and O–H groups in total. The summed E-state index contributed by atoms with van der Waals surface area (Å²) < 4.78 is 0.877. The number of carbonyl (C=O) groups excluding carboxylic acids is 2. The Kier molecular flexibility index (Phi) is 4.20. The summed E-state index contributed by atoms with van der Waals surface area (Å²) in [5.74, 6) is -0.448. The fourth-order valence-corrected chi connectivity index (χ4v) is 4.05. The van der Waals surface area contributed by atoms with Gasteiger partial charge in [-0.1, -0.05) is 22.0 Å². The van der Waals surface area contributed by atoms with Crippen molar-refractivity contribution >= 4 is 49.6 Å². The summed E-state index contributed by atoms with van der Waals surface area (Å²) in [4.78, 5) is 31.9. The molecule has 1 aliphatic heterocycles. The Morgan fingerprint density at radius 2 is 1.85 bits per heavy atom. The van der Waals surface area contributed by atoms with Crippen LogP contribution in [0.3, 0.4) is 0 Å². The summed E-state index contributed by atoms with van der Waals surface area (Å²) in [6.45, 7) is 3.24. The Balaban J connectivity index is 1.79. The first kappa shape index (κ1) is 17.1. The number of nitrogens with one attached hydrogen (secondary N) is 1. The molecular weight excluding hydrogens is 396 g/mol. The molecule has 1 fully saturated rings. The van der Waals surface area contributed by atoms with E-state index in [1.165, 1.54) is 0 Å². The largest absolute Gasteiger partial charge is 0.366 e. The van der Waals surface area contributed by atoms with Gasteiger partial charge in [0, 0.05) is 52.5 Å². The third-order valence-corrected chi connectivity index (χ3v) is 5.67. The molecule has 0 unspecified atom stereocenters. The van der Waals surface area contributed by atoms with Crippen LogP contribution in [0.2, 0.25) is 0 Å². The van der Waals surface area contributed by atoms with Gasteiger partial charge in [0.25, 0.3) is 11.8 Å². The Morgan fingerprint density at radius 1 is 1.12 bits per heavy atom. The number of piperazine rings is 1. The van der Waals surface area contributed by atoms with E-state index in [9.17, 15) is 9.59 Å². The number of fused-ring (bicyclic) bond motifs is 3. The van der Waals surface area contributed by atoms with Crippen molar-refractivity contribution in [3.63, 3.8) is 0 Å². The van der Waals surface area contributed by atoms with Gasteiger partial charge in [-0.2, -0.15) is 0 Å². The SMILES string of the molecule is CN1CCN(C(=O)c2ccc3c(c2)[nH]c2c(C(N)=O)ccc(Br)c23)CC1. The van der Waals surface area contributed by atoms with Crippen molar-refractivity contribution in [2.45, 2.75) is 0 Å². The highest BCUT2D eigenvalue weighted by molar-refractivity contribution is 9.10. The van der Waals surface area contributed by atoms with E-state index < -0.39 is 5.91 Å². The molecule has 1 aromatic heterocycles. The second-order valence-electron chi connectivity index (χ2n) is 6.69. The number of amides is 2. The van der Waals surface area contributed by atoms with Gasteiger partial charge in [0.05, 0.1) is 11.1 Å². The first-order chi connectivity index (χ1) is 12.5. The van der Waals surface area contributed by atoms with Gasteiger partial charge in [-0.15, -0.1) is 0 Å². The van der Waals surface area contributed by atoms with Crippen molar-refractivity contribution in [2.24, 2.45) is 5.73 Å². The number of nitrogens with zero attached hydrogens (tertiary/aromatic N) is 2. The predicted octanol–water partition coefficient (Wildman–Crippen LogP) is 2.57. The molecule has 0 atom stereocenters. The zero-order valence-corrected chi connectivity index (χ0v) is 16.0. The Morgan fingerprint density at radius 3 is 2.54 bits per heavy atom. The molecule has 134 valence electrons. The summed E-state index contributed by atoms with van der Waals surface area (Å²) in [7, 11) is 2.06. The molecule has 0 radical (unpaired) electrons. The lowest BCUT2D eigenvalue weighted by molar-refractivity contribution is 0.0664. The third kappa shape index (κ3) is 2.77. The van der Waals surface area contributed by atoms with E-state index in [4.69, 9.17) is 5.73 Å². The molecule has 0 bridgehead atoms. The number of aromatic nitrogens is 1. The number of H-pyrrole nitrogens is 1. The number of nitrogens with two attached hydrogens (primary N) is 1. The van der Waals surface area contributed by atoms with E-state index in [1.54, 1.807) is 6.07 Å². The van der Waals surface area contributed by atoms with Gasteiger partial charge in [-0.25, -0.2) is 0 Å². The highest BCUT2D eigenvalue weighted by Crippen LogP contribution is 2.34. The van der Waals surface area contributed by atoms with Gasteiger partial charge in [-0.05, 0) is 31.3 Å². The number of aromatic amines is 1. The lowest BCUT2D eigenvalue weighted by Crippen LogP contribution is -2.47. The van der Waals surface area contributed by atoms with Crippen LogP contribution in [-0.2, 0) is 0 Å². The summed E-state index contributed by atoms with van der Waals surface area (Å²) in [5.41, 5.74) is 8.08. The lowest BCUT2D eigenvalue weighted by Gasteiger charge is -2.32.